The van der Waals surface area contributed by atoms with Crippen LogP contribution in [0, 0.1) is 0 Å². The van der Waals surface area contributed by atoms with E-state index in [9.17, 15) is 0 Å². The van der Waals surface area contributed by atoms with Gasteiger partial charge < -0.3 is 10.3 Å². The third-order valence-corrected chi connectivity index (χ3v) is 3.63. The summed E-state index contributed by atoms with van der Waals surface area (Å²) in [7, 11) is 0. The minimum atomic E-state index is 0.0907. The molecule has 0 bridgehead atoms. The molecular weight excluding hydrogens is 198 g/mol. The molecule has 3 nitrogen and oxygen atoms in total. The molecule has 1 aromatic rings. The van der Waals surface area contributed by atoms with Crippen molar-refractivity contribution in [3.63, 3.8) is 0 Å². The van der Waals surface area contributed by atoms with Crippen molar-refractivity contribution in [1.82, 2.24) is 9.55 Å². The van der Waals surface area contributed by atoms with Gasteiger partial charge in [-0.3, -0.25) is 0 Å². The molecule has 1 aliphatic rings. The maximum atomic E-state index is 5.97. The van der Waals surface area contributed by atoms with Gasteiger partial charge in [0, 0.05) is 18.3 Å². The number of imidazole rings is 1. The Kier molecular flexibility index (Phi) is 3.99. The van der Waals surface area contributed by atoms with E-state index in [1.807, 2.05) is 19.4 Å². The molecule has 0 spiro atoms. The largest absolute Gasteiger partial charge is 0.330 e. The zero-order valence-corrected chi connectivity index (χ0v) is 10.2. The molecule has 1 atom stereocenters. The molecule has 0 aliphatic heterocycles. The van der Waals surface area contributed by atoms with E-state index in [1.54, 1.807) is 0 Å². The lowest BCUT2D eigenvalue weighted by molar-refractivity contribution is 0.361. The molecular formula is C13H23N3. The molecule has 0 unspecified atom stereocenters. The first-order chi connectivity index (χ1) is 7.79. The van der Waals surface area contributed by atoms with Crippen LogP contribution in [0.3, 0.4) is 0 Å². The highest BCUT2D eigenvalue weighted by molar-refractivity contribution is 5.05. The summed E-state index contributed by atoms with van der Waals surface area (Å²) in [6.07, 6.45) is 13.3. The monoisotopic (exact) mass is 221 g/mol. The summed E-state index contributed by atoms with van der Waals surface area (Å²) < 4.78 is 2.32. The highest BCUT2D eigenvalue weighted by Gasteiger charge is 2.17. The number of hydrogen-bond donors (Lipinski definition) is 1. The van der Waals surface area contributed by atoms with Gasteiger partial charge in [0.15, 0.2) is 0 Å². The molecule has 3 heteroatoms. The average molecular weight is 221 g/mol. The highest BCUT2D eigenvalue weighted by atomic mass is 15.1. The summed E-state index contributed by atoms with van der Waals surface area (Å²) in [5.74, 6) is 0. The lowest BCUT2D eigenvalue weighted by atomic mass is 9.96. The zero-order valence-electron chi connectivity index (χ0n) is 10.2. The van der Waals surface area contributed by atoms with Gasteiger partial charge in [-0.1, -0.05) is 32.1 Å². The van der Waals surface area contributed by atoms with E-state index >= 15 is 0 Å². The van der Waals surface area contributed by atoms with Gasteiger partial charge in [-0.25, -0.2) is 4.98 Å². The van der Waals surface area contributed by atoms with Crippen molar-refractivity contribution in [3.05, 3.63) is 18.2 Å². The van der Waals surface area contributed by atoms with Crippen molar-refractivity contribution in [1.29, 1.82) is 0 Å². The summed E-state index contributed by atoms with van der Waals surface area (Å²) in [6.45, 7) is 2.04. The lowest BCUT2D eigenvalue weighted by Gasteiger charge is -2.24. The Labute approximate surface area is 98.1 Å². The van der Waals surface area contributed by atoms with E-state index < -0.39 is 0 Å². The second-order valence-corrected chi connectivity index (χ2v) is 5.01. The fraction of sp³-hybridized carbons (Fsp3) is 0.769. The fourth-order valence-electron chi connectivity index (χ4n) is 2.69. The fourth-order valence-corrected chi connectivity index (χ4v) is 2.69. The Balaban J connectivity index is 2.11. The Morgan fingerprint density at radius 1 is 1.25 bits per heavy atom. The van der Waals surface area contributed by atoms with Crippen LogP contribution in [0.15, 0.2) is 12.5 Å². The molecule has 0 saturated heterocycles. The molecule has 2 N–H and O–H groups in total. The Morgan fingerprint density at radius 3 is 2.50 bits per heavy atom. The van der Waals surface area contributed by atoms with Crippen molar-refractivity contribution in [2.24, 2.45) is 5.73 Å². The molecule has 90 valence electrons. The first-order valence-electron chi connectivity index (χ1n) is 6.56. The van der Waals surface area contributed by atoms with Crippen LogP contribution in [-0.2, 0) is 0 Å². The second-order valence-electron chi connectivity index (χ2n) is 5.01. The van der Waals surface area contributed by atoms with Gasteiger partial charge in [0.05, 0.1) is 12.0 Å². The Morgan fingerprint density at radius 2 is 1.88 bits per heavy atom. The molecule has 0 amide bonds. The summed E-state index contributed by atoms with van der Waals surface area (Å²) >= 11 is 0. The smallest absolute Gasteiger partial charge is 0.0951 e. The third kappa shape index (κ3) is 2.64. The third-order valence-electron chi connectivity index (χ3n) is 3.63. The molecule has 1 fully saturated rings. The van der Waals surface area contributed by atoms with Gasteiger partial charge in [0.25, 0.3) is 0 Å². The predicted octanol–water partition coefficient (Wildman–Crippen LogP) is 3.19. The lowest BCUT2D eigenvalue weighted by Crippen LogP contribution is -2.17. The molecule has 16 heavy (non-hydrogen) atoms. The van der Waals surface area contributed by atoms with Gasteiger partial charge >= 0.3 is 0 Å². The Bertz CT molecular complexity index is 309. The molecule has 0 radical (unpaired) electrons. The van der Waals surface area contributed by atoms with E-state index in [-0.39, 0.29) is 6.04 Å². The summed E-state index contributed by atoms with van der Waals surface area (Å²) in [5.41, 5.74) is 7.16. The van der Waals surface area contributed by atoms with Gasteiger partial charge in [-0.05, 0) is 19.8 Å². The first kappa shape index (κ1) is 11.6. The van der Waals surface area contributed by atoms with E-state index in [4.69, 9.17) is 5.73 Å². The van der Waals surface area contributed by atoms with E-state index in [1.165, 1.54) is 50.6 Å². The van der Waals surface area contributed by atoms with Gasteiger partial charge in [0.2, 0.25) is 0 Å². The quantitative estimate of drug-likeness (QED) is 0.833. The number of rotatable bonds is 2. The van der Waals surface area contributed by atoms with Crippen LogP contribution in [0.1, 0.15) is 69.6 Å². The molecule has 1 aliphatic carbocycles. The first-order valence-corrected chi connectivity index (χ1v) is 6.56. The minimum absolute atomic E-state index is 0.0907. The maximum absolute atomic E-state index is 5.97. The summed E-state index contributed by atoms with van der Waals surface area (Å²) in [6, 6.07) is 0.719. The molecule has 2 rings (SSSR count). The number of hydrogen-bond acceptors (Lipinski definition) is 2. The number of nitrogens with two attached hydrogens (primary N) is 1. The topological polar surface area (TPSA) is 43.8 Å². The molecule has 0 aromatic carbocycles. The van der Waals surface area contributed by atoms with Crippen LogP contribution in [0.5, 0.6) is 0 Å². The average Bonchev–Trinajstić information content (AvgIpc) is 2.65. The SMILES string of the molecule is C[C@@H](N)c1cncn1C1CCCCCCC1. The van der Waals surface area contributed by atoms with Crippen LogP contribution in [0.25, 0.3) is 0 Å². The van der Waals surface area contributed by atoms with Crippen LogP contribution < -0.4 is 5.73 Å². The second kappa shape index (κ2) is 5.48. The minimum Gasteiger partial charge on any atom is -0.330 e. The van der Waals surface area contributed by atoms with E-state index in [2.05, 4.69) is 9.55 Å². The Hall–Kier alpha value is -0.830. The van der Waals surface area contributed by atoms with E-state index in [0.29, 0.717) is 6.04 Å². The molecule has 1 saturated carbocycles. The van der Waals surface area contributed by atoms with Crippen molar-refractivity contribution in [3.8, 4) is 0 Å². The predicted molar refractivity (Wildman–Crippen MR) is 66.2 cm³/mol. The summed E-state index contributed by atoms with van der Waals surface area (Å²) in [4.78, 5) is 4.26. The molecule has 1 heterocycles. The number of nitrogens with zero attached hydrogens (tertiary/aromatic N) is 2. The van der Waals surface area contributed by atoms with Crippen molar-refractivity contribution in [2.45, 2.75) is 64.0 Å². The van der Waals surface area contributed by atoms with Crippen LogP contribution in [0.2, 0.25) is 0 Å². The van der Waals surface area contributed by atoms with Crippen LogP contribution in [0.4, 0.5) is 0 Å². The zero-order chi connectivity index (χ0) is 11.4. The van der Waals surface area contributed by atoms with Gasteiger partial charge in [-0.15, -0.1) is 0 Å². The van der Waals surface area contributed by atoms with Crippen LogP contribution in [-0.4, -0.2) is 9.55 Å². The van der Waals surface area contributed by atoms with Crippen molar-refractivity contribution in [2.75, 3.05) is 0 Å². The number of aromatic nitrogens is 2. The van der Waals surface area contributed by atoms with Crippen molar-refractivity contribution < 1.29 is 0 Å². The summed E-state index contributed by atoms with van der Waals surface area (Å²) in [5, 5.41) is 0. The molecule has 1 aromatic heterocycles. The highest BCUT2D eigenvalue weighted by Crippen LogP contribution is 2.28. The van der Waals surface area contributed by atoms with Gasteiger partial charge in [-0.2, -0.15) is 0 Å². The van der Waals surface area contributed by atoms with Crippen molar-refractivity contribution >= 4 is 0 Å². The normalized spacial score (nSPS) is 21.4. The van der Waals surface area contributed by atoms with Crippen LogP contribution >= 0.6 is 0 Å². The van der Waals surface area contributed by atoms with Gasteiger partial charge in [0.1, 0.15) is 0 Å². The standard InChI is InChI=1S/C13H23N3/c1-11(14)13-9-15-10-16(13)12-7-5-3-2-4-6-8-12/h9-12H,2-8,14H2,1H3/t11-/m1/s1. The van der Waals surface area contributed by atoms with E-state index in [0.717, 1.165) is 0 Å². The maximum Gasteiger partial charge on any atom is 0.0951 e.